The molecule has 0 atom stereocenters. The summed E-state index contributed by atoms with van der Waals surface area (Å²) in [6.07, 6.45) is -1.53. The van der Waals surface area contributed by atoms with Crippen LogP contribution in [0.2, 0.25) is 0 Å². The molecule has 0 unspecified atom stereocenters. The van der Waals surface area contributed by atoms with Crippen molar-refractivity contribution in [1.82, 2.24) is 9.88 Å². The number of rotatable bonds is 7. The lowest BCUT2D eigenvalue weighted by atomic mass is 10.1. The van der Waals surface area contributed by atoms with Crippen LogP contribution in [0.4, 0.5) is 41.6 Å². The molecule has 0 radical (unpaired) electrons. The van der Waals surface area contributed by atoms with Gasteiger partial charge in [-0.05, 0) is 67.7 Å². The molecule has 6 rings (SSSR count). The number of nitrogens with zero attached hydrogens (tertiary/aromatic N) is 2. The molecule has 13 heteroatoms. The van der Waals surface area contributed by atoms with Gasteiger partial charge in [-0.15, -0.1) is 0 Å². The van der Waals surface area contributed by atoms with Crippen molar-refractivity contribution in [2.75, 3.05) is 54.1 Å². The van der Waals surface area contributed by atoms with Crippen LogP contribution in [-0.2, 0) is 11.0 Å². The lowest BCUT2D eigenvalue weighted by Crippen LogP contribution is -2.45. The lowest BCUT2D eigenvalue weighted by molar-refractivity contribution is -0.137. The molecule has 2 aliphatic heterocycles. The van der Waals surface area contributed by atoms with Gasteiger partial charge in [-0.2, -0.15) is 13.2 Å². The van der Waals surface area contributed by atoms with Crippen LogP contribution >= 0.6 is 0 Å². The highest BCUT2D eigenvalue weighted by atomic mass is 19.4. The second-order valence-corrected chi connectivity index (χ2v) is 11.2. The average Bonchev–Trinajstić information content (AvgIpc) is 3.61. The molecule has 2 aliphatic rings. The van der Waals surface area contributed by atoms with E-state index in [2.05, 4.69) is 25.8 Å². The number of fused-ring (bicyclic) bond motifs is 1. The number of benzene rings is 3. The van der Waals surface area contributed by atoms with E-state index in [9.17, 15) is 27.6 Å². The van der Waals surface area contributed by atoms with Gasteiger partial charge in [0.1, 0.15) is 0 Å². The number of piperazine rings is 1. The van der Waals surface area contributed by atoms with E-state index < -0.39 is 23.6 Å². The Hall–Kier alpha value is -5.56. The molecule has 0 aliphatic carbocycles. The monoisotopic (exact) mass is 629 g/mol. The van der Waals surface area contributed by atoms with Gasteiger partial charge in [0, 0.05) is 71.9 Å². The summed E-state index contributed by atoms with van der Waals surface area (Å²) in [5, 5.41) is 8.74. The first kappa shape index (κ1) is 30.5. The van der Waals surface area contributed by atoms with Gasteiger partial charge < -0.3 is 36.5 Å². The number of hydrogen-bond donors (Lipinski definition) is 5. The number of primary amides is 1. The molecule has 3 aromatic carbocycles. The number of aromatic nitrogens is 1. The fraction of sp³-hybridized carbons (Fsp3) is 0.182. The van der Waals surface area contributed by atoms with E-state index in [-0.39, 0.29) is 17.2 Å². The summed E-state index contributed by atoms with van der Waals surface area (Å²) in [4.78, 5) is 43.8. The summed E-state index contributed by atoms with van der Waals surface area (Å²) in [5.74, 6) is -1.56. The van der Waals surface area contributed by atoms with E-state index in [0.717, 1.165) is 6.07 Å². The number of carbonyl (C=O) groups is 3. The number of carbonyl (C=O) groups excluding carboxylic acids is 3. The van der Waals surface area contributed by atoms with Crippen molar-refractivity contribution in [3.8, 4) is 0 Å². The number of nitrogens with two attached hydrogens (primary N) is 1. The van der Waals surface area contributed by atoms with Gasteiger partial charge in [-0.1, -0.05) is 12.1 Å². The van der Waals surface area contributed by atoms with E-state index in [1.165, 1.54) is 18.3 Å². The van der Waals surface area contributed by atoms with Crippen molar-refractivity contribution >= 4 is 57.8 Å². The molecule has 1 fully saturated rings. The highest BCUT2D eigenvalue weighted by Gasteiger charge is 2.36. The molecule has 4 aromatic rings. The average molecular weight is 630 g/mol. The molecule has 0 saturated carbocycles. The van der Waals surface area contributed by atoms with Crippen LogP contribution in [-0.4, -0.2) is 60.8 Å². The minimum absolute atomic E-state index is 0.0676. The van der Waals surface area contributed by atoms with Gasteiger partial charge in [0.25, 0.3) is 11.8 Å². The van der Waals surface area contributed by atoms with Crippen LogP contribution in [0.5, 0.6) is 0 Å². The third kappa shape index (κ3) is 6.44. The Morgan fingerprint density at radius 2 is 1.65 bits per heavy atom. The second-order valence-electron chi connectivity index (χ2n) is 11.2. The van der Waals surface area contributed by atoms with Crippen molar-refractivity contribution in [2.45, 2.75) is 6.18 Å². The summed E-state index contributed by atoms with van der Waals surface area (Å²) in [5.41, 5.74) is 8.56. The van der Waals surface area contributed by atoms with Gasteiger partial charge in [0.2, 0.25) is 5.91 Å². The van der Waals surface area contributed by atoms with E-state index in [4.69, 9.17) is 5.73 Å². The predicted octanol–water partition coefficient (Wildman–Crippen LogP) is 5.37. The number of hydrogen-bond acceptors (Lipinski definition) is 6. The maximum absolute atomic E-state index is 14.0. The topological polar surface area (TPSA) is 136 Å². The first-order valence-corrected chi connectivity index (χ1v) is 14.4. The zero-order valence-corrected chi connectivity index (χ0v) is 24.7. The van der Waals surface area contributed by atoms with Crippen molar-refractivity contribution < 1.29 is 27.6 Å². The Labute approximate surface area is 262 Å². The first-order chi connectivity index (χ1) is 21.9. The molecule has 1 aromatic heterocycles. The van der Waals surface area contributed by atoms with E-state index in [0.29, 0.717) is 71.3 Å². The Morgan fingerprint density at radius 3 is 2.37 bits per heavy atom. The van der Waals surface area contributed by atoms with Crippen LogP contribution in [0.3, 0.4) is 0 Å². The number of H-pyrrole nitrogens is 1. The molecule has 3 amide bonds. The molecule has 0 spiro atoms. The molecule has 10 nitrogen and oxygen atoms in total. The molecule has 236 valence electrons. The van der Waals surface area contributed by atoms with Crippen LogP contribution in [0, 0.1) is 0 Å². The van der Waals surface area contributed by atoms with Gasteiger partial charge in [-0.25, -0.2) is 0 Å². The fourth-order valence-electron chi connectivity index (χ4n) is 5.48. The van der Waals surface area contributed by atoms with E-state index >= 15 is 0 Å². The van der Waals surface area contributed by atoms with Gasteiger partial charge >= 0.3 is 6.18 Å². The number of anilines is 5. The normalized spacial score (nSPS) is 15.9. The van der Waals surface area contributed by atoms with Crippen LogP contribution in [0.25, 0.3) is 11.6 Å². The van der Waals surface area contributed by atoms with Crippen molar-refractivity contribution in [1.29, 1.82) is 0 Å². The number of amides is 3. The SMILES string of the molecule is CN1CCN(c2ccc(C(=O)Nc3cccc(Nc4ccc5c(c4)NC(=O)/C5=C\c4cc(C(N)=O)c[nH]4)c3)cc2C(F)(F)F)CC1. The summed E-state index contributed by atoms with van der Waals surface area (Å²) in [6, 6.07) is 17.3. The molecule has 1 saturated heterocycles. The highest BCUT2D eigenvalue weighted by Crippen LogP contribution is 2.38. The third-order valence-electron chi connectivity index (χ3n) is 7.91. The fourth-order valence-corrected chi connectivity index (χ4v) is 5.48. The number of halogens is 3. The molecule has 6 N–H and O–H groups in total. The highest BCUT2D eigenvalue weighted by molar-refractivity contribution is 6.35. The number of likely N-dealkylation sites (N-methyl/N-ethyl adjacent to an activating group) is 1. The molecule has 3 heterocycles. The minimum atomic E-state index is -4.62. The number of alkyl halides is 3. The summed E-state index contributed by atoms with van der Waals surface area (Å²) < 4.78 is 42.1. The molecular formula is C33H30F3N7O3. The Balaban J connectivity index is 1.16. The summed E-state index contributed by atoms with van der Waals surface area (Å²) in [6.45, 7) is 2.23. The third-order valence-corrected chi connectivity index (χ3v) is 7.91. The Morgan fingerprint density at radius 1 is 0.913 bits per heavy atom. The van der Waals surface area contributed by atoms with Gasteiger partial charge in [0.15, 0.2) is 0 Å². The maximum Gasteiger partial charge on any atom is 0.418 e. The summed E-state index contributed by atoms with van der Waals surface area (Å²) in [7, 11) is 1.93. The maximum atomic E-state index is 14.0. The smallest absolute Gasteiger partial charge is 0.368 e. The Bertz CT molecular complexity index is 1870. The van der Waals surface area contributed by atoms with Crippen molar-refractivity contribution in [3.05, 3.63) is 101 Å². The molecule has 46 heavy (non-hydrogen) atoms. The zero-order chi connectivity index (χ0) is 32.6. The summed E-state index contributed by atoms with van der Waals surface area (Å²) >= 11 is 0. The number of nitrogens with one attached hydrogen (secondary N) is 4. The van der Waals surface area contributed by atoms with E-state index in [1.807, 2.05) is 7.05 Å². The van der Waals surface area contributed by atoms with Gasteiger partial charge in [0.05, 0.1) is 22.4 Å². The van der Waals surface area contributed by atoms with Crippen LogP contribution < -0.4 is 26.6 Å². The molecule has 0 bridgehead atoms. The van der Waals surface area contributed by atoms with E-state index in [1.54, 1.807) is 59.5 Å². The van der Waals surface area contributed by atoms with Crippen molar-refractivity contribution in [2.24, 2.45) is 5.73 Å². The molecular weight excluding hydrogens is 599 g/mol. The minimum Gasteiger partial charge on any atom is -0.368 e. The standard InChI is InChI=1S/C33H30F3N7O3/c1-42-9-11-43(12-10-42)29-8-5-19(14-27(29)33(34,35)36)31(45)40-22-4-2-3-21(15-22)39-23-6-7-25-26(32(46)41-28(25)17-23)16-24-13-20(18-38-24)30(37)44/h2-8,13-18,38-39H,9-12H2,1H3,(H2,37,44)(H,40,45)(H,41,46)/b26-16-. The number of aromatic amines is 1. The zero-order valence-electron chi connectivity index (χ0n) is 24.7. The largest absolute Gasteiger partial charge is 0.418 e. The quantitative estimate of drug-likeness (QED) is 0.175. The van der Waals surface area contributed by atoms with Crippen LogP contribution in [0.15, 0.2) is 72.9 Å². The Kier molecular flexibility index (Phi) is 8.00. The lowest BCUT2D eigenvalue weighted by Gasteiger charge is -2.35. The van der Waals surface area contributed by atoms with Gasteiger partial charge in [-0.3, -0.25) is 14.4 Å². The predicted molar refractivity (Wildman–Crippen MR) is 171 cm³/mol. The van der Waals surface area contributed by atoms with Crippen molar-refractivity contribution in [3.63, 3.8) is 0 Å². The van der Waals surface area contributed by atoms with Crippen LogP contribution in [0.1, 0.15) is 37.5 Å². The second kappa shape index (κ2) is 12.1. The first-order valence-electron chi connectivity index (χ1n) is 14.4.